The van der Waals surface area contributed by atoms with Crippen LogP contribution in [0.3, 0.4) is 0 Å². The predicted octanol–water partition coefficient (Wildman–Crippen LogP) is 5.82. The third kappa shape index (κ3) is 5.05. The van der Waals surface area contributed by atoms with E-state index in [1.807, 2.05) is 32.0 Å². The molecule has 1 N–H and O–H groups in total. The van der Waals surface area contributed by atoms with Crippen molar-refractivity contribution in [2.75, 3.05) is 5.32 Å². The second kappa shape index (κ2) is 9.92. The van der Waals surface area contributed by atoms with Crippen molar-refractivity contribution in [3.8, 4) is 11.4 Å². The van der Waals surface area contributed by atoms with Gasteiger partial charge in [-0.2, -0.15) is 0 Å². The van der Waals surface area contributed by atoms with Crippen molar-refractivity contribution in [2.45, 2.75) is 50.6 Å². The number of benzene rings is 2. The number of nitrogens with one attached hydrogen (secondary N) is 1. The molecule has 1 aromatic heterocycles. The molecule has 0 fully saturated rings. The summed E-state index contributed by atoms with van der Waals surface area (Å²) in [6, 6.07) is 12.5. The molecule has 0 radical (unpaired) electrons. The number of hydrogen-bond donors (Lipinski definition) is 1. The molecule has 0 spiro atoms. The van der Waals surface area contributed by atoms with Gasteiger partial charge in [0.1, 0.15) is 5.82 Å². The highest BCUT2D eigenvalue weighted by atomic mass is 32.2. The molecule has 0 aliphatic heterocycles. The Morgan fingerprint density at radius 3 is 2.61 bits per heavy atom. The monoisotopic (exact) mass is 438 g/mol. The van der Waals surface area contributed by atoms with Crippen LogP contribution in [0.1, 0.15) is 37.8 Å². The van der Waals surface area contributed by atoms with E-state index >= 15 is 0 Å². The van der Waals surface area contributed by atoms with Crippen molar-refractivity contribution in [2.24, 2.45) is 0 Å². The number of carbonyl (C=O) groups excluding carboxylic acids is 1. The van der Waals surface area contributed by atoms with E-state index in [1.165, 1.54) is 17.8 Å². The lowest BCUT2D eigenvalue weighted by Crippen LogP contribution is -2.24. The number of carbonyl (C=O) groups is 1. The summed E-state index contributed by atoms with van der Waals surface area (Å²) in [5, 5.41) is 11.6. The van der Waals surface area contributed by atoms with E-state index in [9.17, 15) is 9.18 Å². The molecule has 1 unspecified atom stereocenters. The van der Waals surface area contributed by atoms with E-state index in [0.717, 1.165) is 16.8 Å². The number of anilines is 1. The van der Waals surface area contributed by atoms with Gasteiger partial charge >= 0.3 is 0 Å². The van der Waals surface area contributed by atoms with E-state index < -0.39 is 5.25 Å². The van der Waals surface area contributed by atoms with Crippen LogP contribution in [0.25, 0.3) is 11.4 Å². The lowest BCUT2D eigenvalue weighted by molar-refractivity contribution is -0.115. The van der Waals surface area contributed by atoms with Gasteiger partial charge in [0.25, 0.3) is 0 Å². The Morgan fingerprint density at radius 2 is 1.94 bits per heavy atom. The summed E-state index contributed by atoms with van der Waals surface area (Å²) in [7, 11) is 0. The van der Waals surface area contributed by atoms with Crippen LogP contribution in [-0.4, -0.2) is 25.9 Å². The fourth-order valence-electron chi connectivity index (χ4n) is 3.29. The second-order valence-electron chi connectivity index (χ2n) is 7.63. The molecule has 0 bridgehead atoms. The van der Waals surface area contributed by atoms with Crippen molar-refractivity contribution in [1.29, 1.82) is 0 Å². The van der Waals surface area contributed by atoms with E-state index in [2.05, 4.69) is 35.9 Å². The van der Waals surface area contributed by atoms with E-state index in [0.29, 0.717) is 23.1 Å². The fourth-order valence-corrected chi connectivity index (χ4v) is 4.15. The number of para-hydroxylation sites is 1. The van der Waals surface area contributed by atoms with Crippen molar-refractivity contribution >= 4 is 23.4 Å². The quantitative estimate of drug-likeness (QED) is 0.356. The average Bonchev–Trinajstić information content (AvgIpc) is 3.12. The Kier molecular flexibility index (Phi) is 7.28. The van der Waals surface area contributed by atoms with Crippen LogP contribution in [0, 0.1) is 12.7 Å². The summed E-state index contributed by atoms with van der Waals surface area (Å²) in [6.45, 7) is 12.2. The Balaban J connectivity index is 1.84. The SMILES string of the molecule is C=CCn1c(SC(C)C(=O)Nc2c(C)cccc2C(C)C)nnc1-c1ccccc1F. The molecule has 0 aliphatic carbocycles. The van der Waals surface area contributed by atoms with Gasteiger partial charge in [0, 0.05) is 12.2 Å². The maximum atomic E-state index is 14.3. The predicted molar refractivity (Wildman–Crippen MR) is 125 cm³/mol. The number of rotatable bonds is 8. The summed E-state index contributed by atoms with van der Waals surface area (Å²) in [5.41, 5.74) is 3.34. The van der Waals surface area contributed by atoms with E-state index in [4.69, 9.17) is 0 Å². The van der Waals surface area contributed by atoms with Gasteiger partial charge < -0.3 is 5.32 Å². The third-order valence-electron chi connectivity index (χ3n) is 4.97. The first-order valence-corrected chi connectivity index (χ1v) is 11.1. The first-order valence-electron chi connectivity index (χ1n) is 10.2. The van der Waals surface area contributed by atoms with Gasteiger partial charge in [0.15, 0.2) is 11.0 Å². The van der Waals surface area contributed by atoms with Gasteiger partial charge in [-0.05, 0) is 43.0 Å². The van der Waals surface area contributed by atoms with Crippen molar-refractivity contribution in [3.63, 3.8) is 0 Å². The number of aryl methyl sites for hydroxylation is 1. The maximum absolute atomic E-state index is 14.3. The molecule has 0 aliphatic rings. The number of amides is 1. The molecule has 3 rings (SSSR count). The van der Waals surface area contributed by atoms with Crippen LogP contribution in [0.15, 0.2) is 60.3 Å². The zero-order chi connectivity index (χ0) is 22.5. The van der Waals surface area contributed by atoms with Crippen LogP contribution in [-0.2, 0) is 11.3 Å². The Bertz CT molecular complexity index is 1090. The fraction of sp³-hybridized carbons (Fsp3) is 0.292. The minimum absolute atomic E-state index is 0.123. The highest BCUT2D eigenvalue weighted by Gasteiger charge is 2.23. The third-order valence-corrected chi connectivity index (χ3v) is 6.05. The number of thioether (sulfide) groups is 1. The van der Waals surface area contributed by atoms with Gasteiger partial charge in [-0.25, -0.2) is 4.39 Å². The summed E-state index contributed by atoms with van der Waals surface area (Å²) in [5.74, 6) is 0.205. The molecule has 162 valence electrons. The first kappa shape index (κ1) is 22.7. The Hall–Kier alpha value is -2.93. The average molecular weight is 439 g/mol. The summed E-state index contributed by atoms with van der Waals surface area (Å²) in [4.78, 5) is 13.0. The molecule has 0 saturated carbocycles. The lowest BCUT2D eigenvalue weighted by Gasteiger charge is -2.18. The van der Waals surface area contributed by atoms with E-state index in [1.54, 1.807) is 28.8 Å². The Morgan fingerprint density at radius 1 is 1.19 bits per heavy atom. The van der Waals surface area contributed by atoms with Crippen LogP contribution < -0.4 is 5.32 Å². The van der Waals surface area contributed by atoms with Gasteiger partial charge in [0.05, 0.1) is 10.8 Å². The zero-order valence-electron chi connectivity index (χ0n) is 18.2. The summed E-state index contributed by atoms with van der Waals surface area (Å²) in [6.07, 6.45) is 1.70. The van der Waals surface area contributed by atoms with Crippen molar-refractivity contribution in [3.05, 3.63) is 72.1 Å². The molecule has 3 aromatic rings. The number of aromatic nitrogens is 3. The molecule has 7 heteroatoms. The highest BCUT2D eigenvalue weighted by molar-refractivity contribution is 8.00. The van der Waals surface area contributed by atoms with Crippen LogP contribution >= 0.6 is 11.8 Å². The van der Waals surface area contributed by atoms with Crippen LogP contribution in [0.2, 0.25) is 0 Å². The van der Waals surface area contributed by atoms with Crippen LogP contribution in [0.4, 0.5) is 10.1 Å². The molecular formula is C24H27FN4OS. The van der Waals surface area contributed by atoms with Crippen LogP contribution in [0.5, 0.6) is 0 Å². The van der Waals surface area contributed by atoms with Gasteiger partial charge in [-0.3, -0.25) is 9.36 Å². The highest BCUT2D eigenvalue weighted by Crippen LogP contribution is 2.31. The minimum Gasteiger partial charge on any atom is -0.325 e. The molecular weight excluding hydrogens is 411 g/mol. The number of halogens is 1. The molecule has 1 atom stereocenters. The van der Waals surface area contributed by atoms with Crippen molar-refractivity contribution in [1.82, 2.24) is 14.8 Å². The Labute approximate surface area is 186 Å². The maximum Gasteiger partial charge on any atom is 0.237 e. The number of hydrogen-bond acceptors (Lipinski definition) is 4. The minimum atomic E-state index is -0.430. The molecule has 1 heterocycles. The number of allylic oxidation sites excluding steroid dienone is 1. The van der Waals surface area contributed by atoms with Gasteiger partial charge in [-0.15, -0.1) is 16.8 Å². The van der Waals surface area contributed by atoms with Crippen molar-refractivity contribution < 1.29 is 9.18 Å². The summed E-state index contributed by atoms with van der Waals surface area (Å²) < 4.78 is 16.1. The molecule has 2 aromatic carbocycles. The smallest absolute Gasteiger partial charge is 0.237 e. The van der Waals surface area contributed by atoms with Gasteiger partial charge in [0.2, 0.25) is 5.91 Å². The lowest BCUT2D eigenvalue weighted by atomic mass is 9.98. The first-order chi connectivity index (χ1) is 14.8. The molecule has 0 saturated heterocycles. The second-order valence-corrected chi connectivity index (χ2v) is 8.94. The molecule has 31 heavy (non-hydrogen) atoms. The number of nitrogens with zero attached hydrogens (tertiary/aromatic N) is 3. The normalized spacial score (nSPS) is 12.1. The topological polar surface area (TPSA) is 59.8 Å². The van der Waals surface area contributed by atoms with Gasteiger partial charge in [-0.1, -0.05) is 62.0 Å². The standard InChI is InChI=1S/C24H27FN4OS/c1-6-14-29-22(19-11-7-8-13-20(19)25)27-28-24(29)31-17(5)23(30)26-21-16(4)10-9-12-18(21)15(2)3/h6-13,15,17H,1,14H2,2-5H3,(H,26,30). The largest absolute Gasteiger partial charge is 0.325 e. The summed E-state index contributed by atoms with van der Waals surface area (Å²) >= 11 is 1.29. The zero-order valence-corrected chi connectivity index (χ0v) is 19.0. The molecule has 5 nitrogen and oxygen atoms in total. The van der Waals surface area contributed by atoms with E-state index in [-0.39, 0.29) is 17.6 Å². The molecule has 1 amide bonds.